The maximum absolute atomic E-state index is 12.9. The molecular weight excluding hydrogens is 664 g/mol. The molecule has 15 heteroatoms. The highest BCUT2D eigenvalue weighted by molar-refractivity contribution is 8.15. The van der Waals surface area contributed by atoms with Crippen molar-refractivity contribution in [2.75, 3.05) is 10.7 Å². The van der Waals surface area contributed by atoms with Gasteiger partial charge in [-0.3, -0.25) is 14.5 Å². The lowest BCUT2D eigenvalue weighted by atomic mass is 10.0. The Hall–Kier alpha value is -4.76. The molecule has 0 saturated carbocycles. The van der Waals surface area contributed by atoms with Gasteiger partial charge in [-0.2, -0.15) is 4.99 Å². The Morgan fingerprint density at radius 2 is 1.73 bits per heavy atom. The number of ether oxygens (including phenoxy) is 1. The lowest BCUT2D eigenvalue weighted by Crippen LogP contribution is -2.47. The van der Waals surface area contributed by atoms with Gasteiger partial charge in [0.25, 0.3) is 0 Å². The average Bonchev–Trinajstić information content (AvgIpc) is 3.63. The van der Waals surface area contributed by atoms with Gasteiger partial charge in [0, 0.05) is 12.5 Å². The number of halogens is 3. The second-order valence-corrected chi connectivity index (χ2v) is 12.5. The Morgan fingerprint density at radius 3 is 2.35 bits per heavy atom. The van der Waals surface area contributed by atoms with E-state index in [0.717, 1.165) is 33.5 Å². The van der Waals surface area contributed by atoms with Crippen molar-refractivity contribution in [3.8, 4) is 22.8 Å². The minimum absolute atomic E-state index is 0.0750. The zero-order valence-electron chi connectivity index (χ0n) is 26.5. The molecule has 0 aliphatic carbocycles. The first kappa shape index (κ1) is 34.6. The molecule has 0 bridgehead atoms. The largest absolute Gasteiger partial charge is 0.573 e. The van der Waals surface area contributed by atoms with E-state index < -0.39 is 12.5 Å². The summed E-state index contributed by atoms with van der Waals surface area (Å²) >= 11 is 6.86. The van der Waals surface area contributed by atoms with Crippen molar-refractivity contribution in [1.29, 1.82) is 0 Å². The van der Waals surface area contributed by atoms with Crippen LogP contribution in [0.15, 0.2) is 72.0 Å². The summed E-state index contributed by atoms with van der Waals surface area (Å²) in [5.74, 6) is 0.0536. The number of aryl methyl sites for hydroxylation is 4. The number of aliphatic imine (C=N–C) groups is 1. The molecule has 1 fully saturated rings. The molecule has 1 aliphatic rings. The van der Waals surface area contributed by atoms with Crippen molar-refractivity contribution in [3.05, 3.63) is 89.2 Å². The van der Waals surface area contributed by atoms with Gasteiger partial charge in [0.2, 0.25) is 11.8 Å². The van der Waals surface area contributed by atoms with Crippen LogP contribution in [-0.4, -0.2) is 55.1 Å². The van der Waals surface area contributed by atoms with Crippen LogP contribution in [0, 0.1) is 20.8 Å². The molecule has 2 amide bonds. The third kappa shape index (κ3) is 8.77. The number of nitrogens with one attached hydrogen (secondary N) is 2. The van der Waals surface area contributed by atoms with Gasteiger partial charge in [-0.15, -0.1) is 18.3 Å². The molecule has 3 aromatic carbocycles. The van der Waals surface area contributed by atoms with Crippen LogP contribution in [0.1, 0.15) is 35.6 Å². The predicted molar refractivity (Wildman–Crippen MR) is 183 cm³/mol. The van der Waals surface area contributed by atoms with E-state index in [-0.39, 0.29) is 28.4 Å². The monoisotopic (exact) mass is 695 g/mol. The molecule has 1 aliphatic heterocycles. The highest BCUT2D eigenvalue weighted by Crippen LogP contribution is 2.33. The van der Waals surface area contributed by atoms with Crippen molar-refractivity contribution in [2.45, 2.75) is 53.1 Å². The van der Waals surface area contributed by atoms with Crippen LogP contribution in [0.3, 0.4) is 0 Å². The first-order valence-electron chi connectivity index (χ1n) is 14.8. The molecule has 1 aromatic heterocycles. The number of rotatable bonds is 9. The van der Waals surface area contributed by atoms with Crippen LogP contribution < -0.4 is 20.3 Å². The van der Waals surface area contributed by atoms with E-state index in [1.165, 1.54) is 54.0 Å². The summed E-state index contributed by atoms with van der Waals surface area (Å²) < 4.78 is 42.7. The molecule has 2 N–H and O–H groups in total. The molecule has 1 unspecified atom stereocenters. The highest BCUT2D eigenvalue weighted by Gasteiger charge is 2.33. The van der Waals surface area contributed by atoms with E-state index in [2.05, 4.69) is 30.4 Å². The van der Waals surface area contributed by atoms with E-state index in [0.29, 0.717) is 29.5 Å². The van der Waals surface area contributed by atoms with Crippen molar-refractivity contribution in [1.82, 2.24) is 25.4 Å². The van der Waals surface area contributed by atoms with Crippen LogP contribution in [-0.2, 0) is 16.0 Å². The second-order valence-electron chi connectivity index (χ2n) is 11.2. The normalized spacial score (nSPS) is 14.7. The Kier molecular flexibility index (Phi) is 10.5. The minimum Gasteiger partial charge on any atom is -0.406 e. The van der Waals surface area contributed by atoms with Crippen LogP contribution in [0.2, 0.25) is 0 Å². The third-order valence-corrected chi connectivity index (χ3v) is 8.39. The maximum Gasteiger partial charge on any atom is 0.573 e. The average molecular weight is 696 g/mol. The molecule has 48 heavy (non-hydrogen) atoms. The maximum atomic E-state index is 12.9. The lowest BCUT2D eigenvalue weighted by molar-refractivity contribution is -0.274. The molecule has 2 heterocycles. The molecule has 0 radical (unpaired) electrons. The number of carbonyl (C=O) groups is 2. The van der Waals surface area contributed by atoms with Crippen molar-refractivity contribution >= 4 is 51.8 Å². The number of benzene rings is 3. The van der Waals surface area contributed by atoms with E-state index in [1.54, 1.807) is 4.90 Å². The summed E-state index contributed by atoms with van der Waals surface area (Å²) in [4.78, 5) is 35.4. The summed E-state index contributed by atoms with van der Waals surface area (Å²) in [6.07, 6.45) is -2.72. The fourth-order valence-electron chi connectivity index (χ4n) is 5.34. The van der Waals surface area contributed by atoms with Gasteiger partial charge in [-0.05, 0) is 86.8 Å². The minimum atomic E-state index is -4.77. The number of nitrogens with zero attached hydrogens (tertiary/aromatic N) is 5. The van der Waals surface area contributed by atoms with E-state index in [9.17, 15) is 22.8 Å². The number of amidine groups is 1. The first-order chi connectivity index (χ1) is 22.8. The smallest absolute Gasteiger partial charge is 0.406 e. The molecule has 1 saturated heterocycles. The number of thioether (sulfide) groups is 1. The summed E-state index contributed by atoms with van der Waals surface area (Å²) in [5, 5.41) is 11.1. The lowest BCUT2D eigenvalue weighted by Gasteiger charge is -2.23. The molecule has 1 atom stereocenters. The number of anilines is 1. The molecule has 4 aromatic rings. The van der Waals surface area contributed by atoms with E-state index in [4.69, 9.17) is 12.2 Å². The number of carbonyl (C=O) groups excluding carboxylic acids is 2. The highest BCUT2D eigenvalue weighted by atomic mass is 32.2. The molecule has 250 valence electrons. The summed E-state index contributed by atoms with van der Waals surface area (Å²) in [7, 11) is 0. The van der Waals surface area contributed by atoms with Gasteiger partial charge >= 0.3 is 6.36 Å². The number of amides is 2. The molecule has 5 rings (SSSR count). The van der Waals surface area contributed by atoms with E-state index >= 15 is 0 Å². The van der Waals surface area contributed by atoms with Crippen molar-refractivity contribution in [2.24, 2.45) is 4.99 Å². The number of aromatic nitrogens is 3. The number of alkyl halides is 3. The fourth-order valence-corrected chi connectivity index (χ4v) is 6.48. The van der Waals surface area contributed by atoms with Gasteiger partial charge in [0.05, 0.1) is 17.1 Å². The Morgan fingerprint density at radius 1 is 1.06 bits per heavy atom. The molecular formula is C33H32F3N7O3S2. The third-order valence-electron chi connectivity index (χ3n) is 7.26. The second kappa shape index (κ2) is 14.6. The molecule has 0 spiro atoms. The molecule has 10 nitrogen and oxygen atoms in total. The summed E-state index contributed by atoms with van der Waals surface area (Å²) in [6, 6.07) is 16.9. The number of hydrogen-bond donors (Lipinski definition) is 2. The van der Waals surface area contributed by atoms with Gasteiger partial charge in [0.15, 0.2) is 16.1 Å². The first-order valence-corrected chi connectivity index (χ1v) is 16.2. The zero-order valence-corrected chi connectivity index (χ0v) is 28.1. The van der Waals surface area contributed by atoms with Crippen LogP contribution in [0.25, 0.3) is 17.1 Å². The van der Waals surface area contributed by atoms with Crippen LogP contribution in [0.5, 0.6) is 5.75 Å². The van der Waals surface area contributed by atoms with Gasteiger partial charge in [-0.1, -0.05) is 53.7 Å². The van der Waals surface area contributed by atoms with Crippen molar-refractivity contribution < 1.29 is 27.5 Å². The predicted octanol–water partition coefficient (Wildman–Crippen LogP) is 6.16. The fraction of sp³-hybridized carbons (Fsp3) is 0.273. The Balaban J connectivity index is 1.22. The zero-order chi connectivity index (χ0) is 34.6. The number of thiocarbonyl (C=S) groups is 1. The van der Waals surface area contributed by atoms with Gasteiger partial charge in [-0.25, -0.2) is 9.67 Å². The van der Waals surface area contributed by atoms with E-state index in [1.807, 2.05) is 57.2 Å². The SMILES string of the molecule is CC(=O)NC(CCc1ccc(-c2ncn(-c3ccc(OC(F)(F)F)cc3)n2)cc1)NC(=S)N=C1SCC(=O)N1c1c(C)cc(C)cc1C. The van der Waals surface area contributed by atoms with Gasteiger partial charge in [0.1, 0.15) is 18.2 Å². The summed E-state index contributed by atoms with van der Waals surface area (Å²) in [6.45, 7) is 7.36. The quantitative estimate of drug-likeness (QED) is 0.158. The Bertz CT molecular complexity index is 1840. The van der Waals surface area contributed by atoms with Gasteiger partial charge < -0.3 is 15.4 Å². The Labute approximate surface area is 284 Å². The van der Waals surface area contributed by atoms with Crippen LogP contribution in [0.4, 0.5) is 18.9 Å². The van der Waals surface area contributed by atoms with Crippen molar-refractivity contribution in [3.63, 3.8) is 0 Å². The number of hydrogen-bond acceptors (Lipinski definition) is 7. The topological polar surface area (TPSA) is 114 Å². The van der Waals surface area contributed by atoms with Crippen LogP contribution >= 0.6 is 24.0 Å². The summed E-state index contributed by atoms with van der Waals surface area (Å²) in [5.41, 5.74) is 6.09. The standard InChI is InChI=1S/C33H32F3N7O3S2/c1-19-15-20(2)29(21(3)16-19)43-28(45)17-48-32(43)40-31(47)39-27(38-22(4)44)14-7-23-5-8-24(9-6-23)30-37-18-42(41-30)25-10-12-26(13-11-25)46-33(34,35)36/h5-6,8-13,15-16,18,27H,7,14,17H2,1-4H3,(H,38,44)(H,39,47).